The Labute approximate surface area is 195 Å². The highest BCUT2D eigenvalue weighted by Crippen LogP contribution is 2.29. The molecule has 0 saturated heterocycles. The highest BCUT2D eigenvalue weighted by atomic mass is 19.3. The van der Waals surface area contributed by atoms with Crippen LogP contribution in [0.3, 0.4) is 0 Å². The van der Waals surface area contributed by atoms with Crippen LogP contribution in [0, 0.1) is 5.82 Å². The molecule has 0 aromatic heterocycles. The van der Waals surface area contributed by atoms with Crippen molar-refractivity contribution in [1.82, 2.24) is 0 Å². The zero-order valence-corrected chi connectivity index (χ0v) is 17.9. The molecule has 34 heavy (non-hydrogen) atoms. The minimum absolute atomic E-state index is 0.0106. The lowest BCUT2D eigenvalue weighted by atomic mass is 9.98. The number of anilines is 1. The first kappa shape index (κ1) is 22.9. The summed E-state index contributed by atoms with van der Waals surface area (Å²) in [5.74, 6) is -1.25. The van der Waals surface area contributed by atoms with E-state index < -0.39 is 18.3 Å². The largest absolute Gasteiger partial charge is 0.434 e. The molecule has 1 amide bonds. The molecule has 170 valence electrons. The summed E-state index contributed by atoms with van der Waals surface area (Å²) in [5, 5.41) is 2.56. The van der Waals surface area contributed by atoms with Gasteiger partial charge in [-0.2, -0.15) is 8.78 Å². The molecule has 4 aromatic carbocycles. The van der Waals surface area contributed by atoms with E-state index in [1.807, 2.05) is 42.5 Å². The first-order chi connectivity index (χ1) is 16.5. The fourth-order valence-electron chi connectivity index (χ4n) is 3.46. The van der Waals surface area contributed by atoms with E-state index in [4.69, 9.17) is 0 Å². The molecule has 4 aromatic rings. The maximum Gasteiger partial charge on any atom is 0.387 e. The fourth-order valence-corrected chi connectivity index (χ4v) is 3.46. The third kappa shape index (κ3) is 5.53. The van der Waals surface area contributed by atoms with E-state index in [1.165, 1.54) is 30.3 Å². The van der Waals surface area contributed by atoms with Crippen LogP contribution in [0.5, 0.6) is 5.75 Å². The van der Waals surface area contributed by atoms with Gasteiger partial charge < -0.3 is 10.1 Å². The van der Waals surface area contributed by atoms with Gasteiger partial charge in [0.25, 0.3) is 5.91 Å². The second kappa shape index (κ2) is 10.5. The van der Waals surface area contributed by atoms with Crippen LogP contribution >= 0.6 is 0 Å². The normalized spacial score (nSPS) is 11.4. The van der Waals surface area contributed by atoms with Gasteiger partial charge in [-0.05, 0) is 41.0 Å². The second-order valence-electron chi connectivity index (χ2n) is 7.35. The molecule has 1 N–H and O–H groups in total. The average molecular weight is 459 g/mol. The number of benzene rings is 4. The molecule has 0 atom stereocenters. The monoisotopic (exact) mass is 459 g/mol. The molecule has 0 fully saturated rings. The first-order valence-corrected chi connectivity index (χ1v) is 10.5. The van der Waals surface area contributed by atoms with Crippen molar-refractivity contribution in [2.75, 3.05) is 5.32 Å². The average Bonchev–Trinajstić information content (AvgIpc) is 2.85. The Kier molecular flexibility index (Phi) is 7.08. The van der Waals surface area contributed by atoms with Crippen molar-refractivity contribution in [2.45, 2.75) is 6.61 Å². The summed E-state index contributed by atoms with van der Waals surface area (Å²) in [6.07, 6.45) is 1.45. The van der Waals surface area contributed by atoms with Gasteiger partial charge in [0.2, 0.25) is 0 Å². The van der Waals surface area contributed by atoms with Gasteiger partial charge in [0.1, 0.15) is 11.6 Å². The van der Waals surface area contributed by atoms with E-state index in [-0.39, 0.29) is 22.6 Å². The molecule has 0 saturated carbocycles. The lowest BCUT2D eigenvalue weighted by Gasteiger charge is -2.13. The molecular weight excluding hydrogens is 439 g/mol. The number of halogens is 3. The highest BCUT2D eigenvalue weighted by Gasteiger charge is 2.17. The summed E-state index contributed by atoms with van der Waals surface area (Å²) >= 11 is 0. The Hall–Kier alpha value is -4.32. The minimum atomic E-state index is -3.02. The van der Waals surface area contributed by atoms with E-state index in [1.54, 1.807) is 36.4 Å². The third-order valence-corrected chi connectivity index (χ3v) is 5.10. The maximum absolute atomic E-state index is 14.2. The van der Waals surface area contributed by atoms with Gasteiger partial charge >= 0.3 is 6.61 Å². The number of rotatable bonds is 7. The third-order valence-electron chi connectivity index (χ3n) is 5.10. The van der Waals surface area contributed by atoms with Gasteiger partial charge in [0, 0.05) is 11.1 Å². The minimum Gasteiger partial charge on any atom is -0.434 e. The number of para-hydroxylation sites is 2. The Morgan fingerprint density at radius 1 is 0.765 bits per heavy atom. The number of amides is 1. The van der Waals surface area contributed by atoms with Crippen LogP contribution in [0.25, 0.3) is 22.8 Å². The van der Waals surface area contributed by atoms with Crippen molar-refractivity contribution in [3.05, 3.63) is 120 Å². The van der Waals surface area contributed by atoms with Crippen LogP contribution < -0.4 is 10.1 Å². The predicted octanol–water partition coefficient (Wildman–Crippen LogP) is 7.27. The molecule has 4 rings (SSSR count). The van der Waals surface area contributed by atoms with Crippen molar-refractivity contribution in [1.29, 1.82) is 0 Å². The Balaban J connectivity index is 1.75. The molecule has 0 aliphatic rings. The molecule has 3 nitrogen and oxygen atoms in total. The number of carbonyl (C=O) groups is 1. The van der Waals surface area contributed by atoms with Crippen LogP contribution in [0.4, 0.5) is 18.9 Å². The topological polar surface area (TPSA) is 38.3 Å². The summed E-state index contributed by atoms with van der Waals surface area (Å²) in [7, 11) is 0. The van der Waals surface area contributed by atoms with Gasteiger partial charge in [-0.15, -0.1) is 0 Å². The molecular formula is C28H20F3NO2. The molecule has 0 heterocycles. The van der Waals surface area contributed by atoms with E-state index in [9.17, 15) is 18.0 Å². The van der Waals surface area contributed by atoms with Crippen molar-refractivity contribution in [3.8, 4) is 16.9 Å². The van der Waals surface area contributed by atoms with Crippen molar-refractivity contribution in [3.63, 3.8) is 0 Å². The summed E-state index contributed by atoms with van der Waals surface area (Å²) in [6.45, 7) is -3.02. The number of nitrogens with one attached hydrogen (secondary N) is 1. The van der Waals surface area contributed by atoms with Crippen molar-refractivity contribution in [2.24, 2.45) is 0 Å². The number of hydrogen-bond acceptors (Lipinski definition) is 2. The first-order valence-electron chi connectivity index (χ1n) is 10.5. The second-order valence-corrected chi connectivity index (χ2v) is 7.35. The molecule has 0 unspecified atom stereocenters. The van der Waals surface area contributed by atoms with Crippen LogP contribution in [-0.4, -0.2) is 12.5 Å². The quantitative estimate of drug-likeness (QED) is 0.233. The lowest BCUT2D eigenvalue weighted by molar-refractivity contribution is -0.111. The summed E-state index contributed by atoms with van der Waals surface area (Å²) in [6, 6.07) is 28.9. The van der Waals surface area contributed by atoms with E-state index in [0.29, 0.717) is 5.56 Å². The van der Waals surface area contributed by atoms with Crippen molar-refractivity contribution >= 4 is 23.2 Å². The SMILES string of the molecule is O=C(Nc1ccccc1F)C(=Cc1ccccc1OC(F)F)c1ccc(-c2ccccc2)cc1. The predicted molar refractivity (Wildman–Crippen MR) is 128 cm³/mol. The number of carbonyl (C=O) groups excluding carboxylic acids is 1. The van der Waals surface area contributed by atoms with Gasteiger partial charge in [-0.1, -0.05) is 84.9 Å². The molecule has 6 heteroatoms. The Morgan fingerprint density at radius 3 is 2.09 bits per heavy atom. The van der Waals surface area contributed by atoms with Gasteiger partial charge in [0.15, 0.2) is 0 Å². The molecule has 0 bridgehead atoms. The summed E-state index contributed by atoms with van der Waals surface area (Å²) in [4.78, 5) is 13.2. The van der Waals surface area contributed by atoms with E-state index in [2.05, 4.69) is 10.1 Å². The van der Waals surface area contributed by atoms with Crippen LogP contribution in [-0.2, 0) is 4.79 Å². The number of ether oxygens (including phenoxy) is 1. The van der Waals surface area contributed by atoms with Gasteiger partial charge in [-0.3, -0.25) is 4.79 Å². The molecule has 0 spiro atoms. The maximum atomic E-state index is 14.2. The van der Waals surface area contributed by atoms with Crippen LogP contribution in [0.15, 0.2) is 103 Å². The Morgan fingerprint density at radius 2 is 1.38 bits per heavy atom. The van der Waals surface area contributed by atoms with Crippen molar-refractivity contribution < 1.29 is 22.7 Å². The standard InChI is InChI=1S/C28H20F3NO2/c29-24-11-5-6-12-25(24)32-27(33)23(18-22-10-4-7-13-26(22)34-28(30)31)21-16-14-20(15-17-21)19-8-2-1-3-9-19/h1-18,28H,(H,32,33). The van der Waals surface area contributed by atoms with Gasteiger partial charge in [-0.25, -0.2) is 4.39 Å². The zero-order chi connectivity index (χ0) is 23.9. The smallest absolute Gasteiger partial charge is 0.387 e. The van der Waals surface area contributed by atoms with Gasteiger partial charge in [0.05, 0.1) is 5.69 Å². The van der Waals surface area contributed by atoms with Crippen LogP contribution in [0.1, 0.15) is 11.1 Å². The number of hydrogen-bond donors (Lipinski definition) is 1. The lowest BCUT2D eigenvalue weighted by Crippen LogP contribution is -2.15. The van der Waals surface area contributed by atoms with Crippen LogP contribution in [0.2, 0.25) is 0 Å². The number of alkyl halides is 2. The summed E-state index contributed by atoms with van der Waals surface area (Å²) in [5.41, 5.74) is 2.93. The summed E-state index contributed by atoms with van der Waals surface area (Å²) < 4.78 is 44.5. The fraction of sp³-hybridized carbons (Fsp3) is 0.0357. The Bertz CT molecular complexity index is 1300. The molecule has 0 aliphatic heterocycles. The molecule has 0 radical (unpaired) electrons. The molecule has 0 aliphatic carbocycles. The van der Waals surface area contributed by atoms with E-state index in [0.717, 1.165) is 11.1 Å². The van der Waals surface area contributed by atoms with E-state index >= 15 is 0 Å². The zero-order valence-electron chi connectivity index (χ0n) is 17.9. The highest BCUT2D eigenvalue weighted by molar-refractivity contribution is 6.29.